The largest absolute Gasteiger partial charge is 0.368 e. The third-order valence-electron chi connectivity index (χ3n) is 4.85. The Balaban J connectivity index is 1.56. The van der Waals surface area contributed by atoms with Gasteiger partial charge in [0.1, 0.15) is 0 Å². The van der Waals surface area contributed by atoms with Gasteiger partial charge in [0.05, 0.1) is 21.7 Å². The fraction of sp³-hybridized carbons (Fsp3) is 0.588. The van der Waals surface area contributed by atoms with Crippen molar-refractivity contribution >= 4 is 40.1 Å². The van der Waals surface area contributed by atoms with E-state index in [-0.39, 0.29) is 0 Å². The van der Waals surface area contributed by atoms with Crippen LogP contribution in [0.3, 0.4) is 0 Å². The summed E-state index contributed by atoms with van der Waals surface area (Å²) in [5.41, 5.74) is 3.15. The number of nitrogens with zero attached hydrogens (tertiary/aromatic N) is 3. The number of likely N-dealkylation sites (tertiary alicyclic amines) is 1. The summed E-state index contributed by atoms with van der Waals surface area (Å²) in [5.74, 6) is 0. The van der Waals surface area contributed by atoms with Crippen molar-refractivity contribution in [3.8, 4) is 0 Å². The van der Waals surface area contributed by atoms with E-state index >= 15 is 0 Å². The zero-order valence-electron chi connectivity index (χ0n) is 14.0. The van der Waals surface area contributed by atoms with Gasteiger partial charge in [0.2, 0.25) is 0 Å². The molecule has 4 rings (SSSR count). The zero-order chi connectivity index (χ0) is 16.5. The fourth-order valence-electron chi connectivity index (χ4n) is 3.57. The number of benzene rings is 1. The molecule has 0 radical (unpaired) electrons. The number of anilines is 1. The second kappa shape index (κ2) is 7.12. The Morgan fingerprint density at radius 3 is 2.88 bits per heavy atom. The second-order valence-electron chi connectivity index (χ2n) is 6.74. The number of thioether (sulfide) groups is 1. The molecule has 2 saturated heterocycles. The van der Waals surface area contributed by atoms with Crippen molar-refractivity contribution in [2.45, 2.75) is 23.2 Å². The molecule has 0 aliphatic carbocycles. The van der Waals surface area contributed by atoms with Gasteiger partial charge < -0.3 is 20.1 Å². The molecule has 24 heavy (non-hydrogen) atoms. The number of fused-ring (bicyclic) bond motifs is 1. The van der Waals surface area contributed by atoms with Crippen molar-refractivity contribution in [2.75, 3.05) is 51.2 Å². The van der Waals surface area contributed by atoms with E-state index in [2.05, 4.69) is 33.2 Å². The highest BCUT2D eigenvalue weighted by Gasteiger charge is 2.20. The van der Waals surface area contributed by atoms with Crippen LogP contribution < -0.4 is 10.2 Å². The minimum absolute atomic E-state index is 0.618. The number of aromatic amines is 1. The van der Waals surface area contributed by atoms with Crippen LogP contribution in [0.5, 0.6) is 0 Å². The van der Waals surface area contributed by atoms with Crippen molar-refractivity contribution in [2.24, 2.45) is 0 Å². The number of hydrogen-bond donors (Lipinski definition) is 2. The molecule has 2 aliphatic heterocycles. The SMILES string of the molecule is CN1CCCC(Sc2nc3cc(N4CCNCC4)c(Cl)cc3[nH]2)C1. The summed E-state index contributed by atoms with van der Waals surface area (Å²) in [6, 6.07) is 4.16. The first kappa shape index (κ1) is 16.5. The molecule has 2 N–H and O–H groups in total. The maximum absolute atomic E-state index is 6.53. The minimum atomic E-state index is 0.618. The van der Waals surface area contributed by atoms with Crippen LogP contribution in [0.25, 0.3) is 11.0 Å². The molecule has 1 unspecified atom stereocenters. The lowest BCUT2D eigenvalue weighted by Gasteiger charge is -2.30. The van der Waals surface area contributed by atoms with Crippen LogP contribution in [0.1, 0.15) is 12.8 Å². The Morgan fingerprint density at radius 2 is 2.08 bits per heavy atom. The number of piperazine rings is 1. The second-order valence-corrected chi connectivity index (χ2v) is 8.44. The van der Waals surface area contributed by atoms with Crippen molar-refractivity contribution in [3.05, 3.63) is 17.2 Å². The average molecular weight is 366 g/mol. The maximum Gasteiger partial charge on any atom is 0.166 e. The standard InChI is InChI=1S/C17H24ClN5S/c1-22-6-2-3-12(11-22)24-17-20-14-9-13(18)16(10-15(14)21-17)23-7-4-19-5-8-23/h9-10,12,19H,2-8,11H2,1H3,(H,20,21). The van der Waals surface area contributed by atoms with Crippen LogP contribution >= 0.6 is 23.4 Å². The van der Waals surface area contributed by atoms with Gasteiger partial charge in [-0.3, -0.25) is 0 Å². The van der Waals surface area contributed by atoms with Gasteiger partial charge in [-0.05, 0) is 38.6 Å². The van der Waals surface area contributed by atoms with Gasteiger partial charge in [0, 0.05) is 38.0 Å². The number of rotatable bonds is 3. The highest BCUT2D eigenvalue weighted by molar-refractivity contribution is 7.99. The molecular formula is C17H24ClN5S. The third-order valence-corrected chi connectivity index (χ3v) is 6.28. The van der Waals surface area contributed by atoms with E-state index in [4.69, 9.17) is 16.6 Å². The highest BCUT2D eigenvalue weighted by atomic mass is 35.5. The molecule has 5 nitrogen and oxygen atoms in total. The first-order valence-electron chi connectivity index (χ1n) is 8.69. The van der Waals surface area contributed by atoms with Crippen molar-refractivity contribution < 1.29 is 0 Å². The zero-order valence-corrected chi connectivity index (χ0v) is 15.6. The van der Waals surface area contributed by atoms with Crippen LogP contribution in [0.15, 0.2) is 17.3 Å². The average Bonchev–Trinajstić information content (AvgIpc) is 2.96. The minimum Gasteiger partial charge on any atom is -0.368 e. The summed E-state index contributed by atoms with van der Waals surface area (Å²) in [5, 5.41) is 5.82. The normalized spacial score (nSPS) is 23.1. The molecule has 0 spiro atoms. The molecule has 3 heterocycles. The number of nitrogens with one attached hydrogen (secondary N) is 2. The van der Waals surface area contributed by atoms with Gasteiger partial charge in [-0.25, -0.2) is 4.98 Å². The number of imidazole rings is 1. The molecule has 2 aromatic rings. The molecule has 1 aromatic carbocycles. The molecule has 0 saturated carbocycles. The lowest BCUT2D eigenvalue weighted by atomic mass is 10.1. The highest BCUT2D eigenvalue weighted by Crippen LogP contribution is 2.33. The predicted molar refractivity (Wildman–Crippen MR) is 103 cm³/mol. The Hall–Kier alpha value is -0.950. The number of hydrogen-bond acceptors (Lipinski definition) is 5. The predicted octanol–water partition coefficient (Wildman–Crippen LogP) is 2.81. The summed E-state index contributed by atoms with van der Waals surface area (Å²) in [4.78, 5) is 13.0. The summed E-state index contributed by atoms with van der Waals surface area (Å²) in [7, 11) is 2.20. The molecule has 130 valence electrons. The topological polar surface area (TPSA) is 47.2 Å². The van der Waals surface area contributed by atoms with Crippen molar-refractivity contribution in [1.29, 1.82) is 0 Å². The number of H-pyrrole nitrogens is 1. The maximum atomic E-state index is 6.53. The van der Waals surface area contributed by atoms with E-state index in [1.54, 1.807) is 0 Å². The van der Waals surface area contributed by atoms with Crippen LogP contribution in [0.4, 0.5) is 5.69 Å². The quantitative estimate of drug-likeness (QED) is 0.875. The lowest BCUT2D eigenvalue weighted by Crippen LogP contribution is -2.43. The van der Waals surface area contributed by atoms with E-state index < -0.39 is 0 Å². The Morgan fingerprint density at radius 1 is 1.25 bits per heavy atom. The van der Waals surface area contributed by atoms with E-state index in [9.17, 15) is 0 Å². The van der Waals surface area contributed by atoms with Gasteiger partial charge in [0.15, 0.2) is 5.16 Å². The van der Waals surface area contributed by atoms with Gasteiger partial charge >= 0.3 is 0 Å². The van der Waals surface area contributed by atoms with Crippen LogP contribution in [-0.4, -0.2) is 66.4 Å². The Labute approximate surface area is 152 Å². The number of piperidine rings is 1. The molecule has 2 fully saturated rings. The van der Waals surface area contributed by atoms with Crippen molar-refractivity contribution in [3.63, 3.8) is 0 Å². The lowest BCUT2D eigenvalue weighted by molar-refractivity contribution is 0.283. The molecule has 2 aliphatic rings. The number of aromatic nitrogens is 2. The van der Waals surface area contributed by atoms with E-state index in [0.717, 1.165) is 59.6 Å². The fourth-order valence-corrected chi connectivity index (χ4v) is 5.11. The van der Waals surface area contributed by atoms with Crippen molar-refractivity contribution in [1.82, 2.24) is 20.2 Å². The Kier molecular flexibility index (Phi) is 4.90. The van der Waals surface area contributed by atoms with Gasteiger partial charge in [-0.1, -0.05) is 23.4 Å². The molecular weight excluding hydrogens is 342 g/mol. The Bertz CT molecular complexity index is 712. The summed E-state index contributed by atoms with van der Waals surface area (Å²) >= 11 is 8.40. The van der Waals surface area contributed by atoms with Gasteiger partial charge in [0.25, 0.3) is 0 Å². The molecule has 1 atom stereocenters. The molecule has 0 amide bonds. The summed E-state index contributed by atoms with van der Waals surface area (Å²) in [6.45, 7) is 6.34. The molecule has 1 aromatic heterocycles. The van der Waals surface area contributed by atoms with Crippen LogP contribution in [0, 0.1) is 0 Å². The third kappa shape index (κ3) is 3.52. The van der Waals surface area contributed by atoms with Crippen LogP contribution in [0.2, 0.25) is 5.02 Å². The molecule has 7 heteroatoms. The van der Waals surface area contributed by atoms with Crippen LogP contribution in [-0.2, 0) is 0 Å². The smallest absolute Gasteiger partial charge is 0.166 e. The summed E-state index contributed by atoms with van der Waals surface area (Å²) < 4.78 is 0. The van der Waals surface area contributed by atoms with Gasteiger partial charge in [-0.15, -0.1) is 0 Å². The first-order valence-corrected chi connectivity index (χ1v) is 9.95. The number of halogens is 1. The summed E-state index contributed by atoms with van der Waals surface area (Å²) in [6.07, 6.45) is 2.53. The first-order chi connectivity index (χ1) is 11.7. The molecule has 0 bridgehead atoms. The monoisotopic (exact) mass is 365 g/mol. The van der Waals surface area contributed by atoms with E-state index in [1.807, 2.05) is 17.8 Å². The van der Waals surface area contributed by atoms with Gasteiger partial charge in [-0.2, -0.15) is 0 Å². The van der Waals surface area contributed by atoms with E-state index in [0.29, 0.717) is 5.25 Å². The van der Waals surface area contributed by atoms with E-state index in [1.165, 1.54) is 19.4 Å².